The molecule has 5 heteroatoms. The molecule has 1 aromatic carbocycles. The van der Waals surface area contributed by atoms with Gasteiger partial charge in [-0.2, -0.15) is 0 Å². The molecular weight excluding hydrogens is 276 g/mol. The first-order chi connectivity index (χ1) is 9.58. The smallest absolute Gasteiger partial charge is 0.254 e. The van der Waals surface area contributed by atoms with Crippen LogP contribution in [0.5, 0.6) is 5.75 Å². The van der Waals surface area contributed by atoms with Crippen LogP contribution in [0.4, 0.5) is 0 Å². The molecule has 1 saturated carbocycles. The minimum atomic E-state index is -0.00981. The van der Waals surface area contributed by atoms with Gasteiger partial charge in [0.05, 0.1) is 7.11 Å². The van der Waals surface area contributed by atoms with Crippen LogP contribution in [-0.2, 0) is 0 Å². The second kappa shape index (κ2) is 5.26. The van der Waals surface area contributed by atoms with Crippen LogP contribution < -0.4 is 10.5 Å². The van der Waals surface area contributed by atoms with Gasteiger partial charge in [0.2, 0.25) is 0 Å². The van der Waals surface area contributed by atoms with Crippen LogP contribution in [0.3, 0.4) is 0 Å². The Morgan fingerprint density at radius 1 is 1.35 bits per heavy atom. The van der Waals surface area contributed by atoms with Crippen molar-refractivity contribution in [2.45, 2.75) is 18.9 Å². The molecule has 0 spiro atoms. The van der Waals surface area contributed by atoms with Gasteiger partial charge >= 0.3 is 0 Å². The highest BCUT2D eigenvalue weighted by Gasteiger charge is 2.42. The highest BCUT2D eigenvalue weighted by molar-refractivity contribution is 6.31. The molecule has 0 unspecified atom stereocenters. The summed E-state index contributed by atoms with van der Waals surface area (Å²) in [6, 6.07) is 5.21. The molecule has 1 aliphatic heterocycles. The average molecular weight is 295 g/mol. The molecular formula is C15H19ClN2O2. The number of methoxy groups -OCH3 is 1. The maximum atomic E-state index is 12.6. The molecule has 0 bridgehead atoms. The number of rotatable bonds is 3. The standard InChI is InChI=1S/C15H19ClN2O2/c1-20-12-5-10(4-11(16)6-12)15(19)18-7-13(9-2-3-9)14(17)8-18/h4-6,9,13-14H,2-3,7-8,17H2,1H3/t13-,14+/m1/s1. The lowest BCUT2D eigenvalue weighted by Gasteiger charge is -2.17. The van der Waals surface area contributed by atoms with Crippen molar-refractivity contribution in [3.63, 3.8) is 0 Å². The Morgan fingerprint density at radius 3 is 2.75 bits per heavy atom. The number of benzene rings is 1. The summed E-state index contributed by atoms with van der Waals surface area (Å²) in [5.74, 6) is 1.77. The molecule has 2 N–H and O–H groups in total. The van der Waals surface area contributed by atoms with Crippen LogP contribution in [-0.4, -0.2) is 37.0 Å². The summed E-state index contributed by atoms with van der Waals surface area (Å²) < 4.78 is 5.16. The van der Waals surface area contributed by atoms with E-state index in [-0.39, 0.29) is 11.9 Å². The van der Waals surface area contributed by atoms with E-state index in [0.717, 1.165) is 12.5 Å². The fraction of sp³-hybridized carbons (Fsp3) is 0.533. The van der Waals surface area contributed by atoms with E-state index in [1.807, 2.05) is 4.90 Å². The first kappa shape index (κ1) is 13.7. The van der Waals surface area contributed by atoms with E-state index in [1.165, 1.54) is 12.8 Å². The largest absolute Gasteiger partial charge is 0.497 e. The molecule has 1 aromatic rings. The maximum absolute atomic E-state index is 12.6. The van der Waals surface area contributed by atoms with Crippen LogP contribution in [0.25, 0.3) is 0 Å². The molecule has 2 fully saturated rings. The van der Waals surface area contributed by atoms with Crippen LogP contribution in [0.1, 0.15) is 23.2 Å². The molecule has 2 aliphatic rings. The zero-order valence-corrected chi connectivity index (χ0v) is 12.3. The Kier molecular flexibility index (Phi) is 3.61. The van der Waals surface area contributed by atoms with Gasteiger partial charge in [0.15, 0.2) is 0 Å². The summed E-state index contributed by atoms with van der Waals surface area (Å²) in [6.45, 7) is 1.40. The lowest BCUT2D eigenvalue weighted by Crippen LogP contribution is -2.32. The second-order valence-electron chi connectivity index (χ2n) is 5.76. The maximum Gasteiger partial charge on any atom is 0.254 e. The summed E-state index contributed by atoms with van der Waals surface area (Å²) in [5.41, 5.74) is 6.74. The Labute approximate surface area is 123 Å². The fourth-order valence-corrected chi connectivity index (χ4v) is 3.25. The van der Waals surface area contributed by atoms with Gasteiger partial charge in [0.1, 0.15) is 5.75 Å². The van der Waals surface area contributed by atoms with Gasteiger partial charge in [-0.3, -0.25) is 4.79 Å². The number of hydrogen-bond donors (Lipinski definition) is 1. The Morgan fingerprint density at radius 2 is 2.10 bits per heavy atom. The van der Waals surface area contributed by atoms with E-state index >= 15 is 0 Å². The number of hydrogen-bond acceptors (Lipinski definition) is 3. The van der Waals surface area contributed by atoms with Crippen molar-refractivity contribution in [3.05, 3.63) is 28.8 Å². The molecule has 0 aromatic heterocycles. The first-order valence-corrected chi connectivity index (χ1v) is 7.35. The zero-order valence-electron chi connectivity index (χ0n) is 11.5. The molecule has 1 heterocycles. The number of carbonyl (C=O) groups is 1. The van der Waals surface area contributed by atoms with Crippen molar-refractivity contribution in [3.8, 4) is 5.75 Å². The van der Waals surface area contributed by atoms with E-state index in [1.54, 1.807) is 25.3 Å². The number of carbonyl (C=O) groups excluding carboxylic acids is 1. The van der Waals surface area contributed by atoms with Gasteiger partial charge < -0.3 is 15.4 Å². The lowest BCUT2D eigenvalue weighted by atomic mass is 9.99. The third-order valence-electron chi connectivity index (χ3n) is 4.28. The van der Waals surface area contributed by atoms with Gasteiger partial charge in [0, 0.05) is 29.7 Å². The van der Waals surface area contributed by atoms with E-state index in [0.29, 0.717) is 28.8 Å². The van der Waals surface area contributed by atoms with Gasteiger partial charge in [0.25, 0.3) is 5.91 Å². The molecule has 3 rings (SSSR count). The van der Waals surface area contributed by atoms with E-state index in [2.05, 4.69) is 0 Å². The molecule has 4 nitrogen and oxygen atoms in total. The summed E-state index contributed by atoms with van der Waals surface area (Å²) >= 11 is 6.02. The first-order valence-electron chi connectivity index (χ1n) is 6.98. The number of amides is 1. The van der Waals surface area contributed by atoms with Crippen molar-refractivity contribution in [1.29, 1.82) is 0 Å². The third-order valence-corrected chi connectivity index (χ3v) is 4.50. The molecule has 2 atom stereocenters. The monoisotopic (exact) mass is 294 g/mol. The van der Waals surface area contributed by atoms with E-state index in [9.17, 15) is 4.79 Å². The quantitative estimate of drug-likeness (QED) is 0.929. The number of nitrogens with zero attached hydrogens (tertiary/aromatic N) is 1. The highest BCUT2D eigenvalue weighted by Crippen LogP contribution is 2.41. The Hall–Kier alpha value is -1.26. The van der Waals surface area contributed by atoms with Crippen LogP contribution in [0.15, 0.2) is 18.2 Å². The van der Waals surface area contributed by atoms with Gasteiger partial charge in [-0.05, 0) is 42.9 Å². The van der Waals surface area contributed by atoms with Gasteiger partial charge in [-0.25, -0.2) is 0 Å². The molecule has 1 amide bonds. The predicted octanol–water partition coefficient (Wildman–Crippen LogP) is 2.16. The van der Waals surface area contributed by atoms with Crippen molar-refractivity contribution >= 4 is 17.5 Å². The van der Waals surface area contributed by atoms with Crippen molar-refractivity contribution in [1.82, 2.24) is 4.90 Å². The number of ether oxygens (including phenoxy) is 1. The van der Waals surface area contributed by atoms with E-state index in [4.69, 9.17) is 22.1 Å². The highest BCUT2D eigenvalue weighted by atomic mass is 35.5. The summed E-state index contributed by atoms with van der Waals surface area (Å²) in [7, 11) is 1.56. The SMILES string of the molecule is COc1cc(Cl)cc(C(=O)N2C[C@H](C3CC3)[C@@H](N)C2)c1. The van der Waals surface area contributed by atoms with Crippen LogP contribution in [0, 0.1) is 11.8 Å². The van der Waals surface area contributed by atoms with Crippen molar-refractivity contribution < 1.29 is 9.53 Å². The summed E-state index contributed by atoms with van der Waals surface area (Å²) in [5, 5.41) is 0.509. The Bertz CT molecular complexity index is 531. The van der Waals surface area contributed by atoms with Crippen LogP contribution in [0.2, 0.25) is 5.02 Å². The number of nitrogens with two attached hydrogens (primary N) is 1. The van der Waals surface area contributed by atoms with Crippen molar-refractivity contribution in [2.75, 3.05) is 20.2 Å². The predicted molar refractivity (Wildman–Crippen MR) is 78.1 cm³/mol. The number of likely N-dealkylation sites (tertiary alicyclic amines) is 1. The average Bonchev–Trinajstić information content (AvgIpc) is 3.20. The lowest BCUT2D eigenvalue weighted by molar-refractivity contribution is 0.0784. The molecule has 1 aliphatic carbocycles. The topological polar surface area (TPSA) is 55.6 Å². The minimum Gasteiger partial charge on any atom is -0.497 e. The third kappa shape index (κ3) is 2.63. The summed E-state index contributed by atoms with van der Waals surface area (Å²) in [4.78, 5) is 14.4. The van der Waals surface area contributed by atoms with Crippen molar-refractivity contribution in [2.24, 2.45) is 17.6 Å². The second-order valence-corrected chi connectivity index (χ2v) is 6.19. The van der Waals surface area contributed by atoms with E-state index < -0.39 is 0 Å². The normalized spacial score (nSPS) is 25.9. The molecule has 0 radical (unpaired) electrons. The molecule has 108 valence electrons. The Balaban J connectivity index is 1.77. The fourth-order valence-electron chi connectivity index (χ4n) is 3.03. The summed E-state index contributed by atoms with van der Waals surface area (Å²) in [6.07, 6.45) is 2.51. The molecule has 20 heavy (non-hydrogen) atoms. The van der Waals surface area contributed by atoms with Gasteiger partial charge in [-0.1, -0.05) is 11.6 Å². The number of halogens is 1. The van der Waals surface area contributed by atoms with Gasteiger partial charge in [-0.15, -0.1) is 0 Å². The molecule has 1 saturated heterocycles. The minimum absolute atomic E-state index is 0.00981. The zero-order chi connectivity index (χ0) is 14.3. The van der Waals surface area contributed by atoms with Crippen LogP contribution >= 0.6 is 11.6 Å².